The maximum atomic E-state index is 12.7. The Hall–Kier alpha value is -2.12. The average Bonchev–Trinajstić information content (AvgIpc) is 2.98. The monoisotopic (exact) mass is 334 g/mol. The summed E-state index contributed by atoms with van der Waals surface area (Å²) in [5.41, 5.74) is -1.06. The standard InChI is InChI=1S/C16H22N4O4/c1-9(2)12-17-15(18-24-12)20-6-11-13(21)19(5-10-3-4-10)7-16(11,8-20)14(22)23/h9-11H,3-8H2,1-2H3,(H,22,23)/t11-,16+/m0/s1. The average molecular weight is 334 g/mol. The van der Waals surface area contributed by atoms with Crippen molar-refractivity contribution in [3.8, 4) is 0 Å². The van der Waals surface area contributed by atoms with E-state index < -0.39 is 17.3 Å². The molecule has 0 aromatic carbocycles. The summed E-state index contributed by atoms with van der Waals surface area (Å²) in [5.74, 6) is 0.0877. The minimum atomic E-state index is -1.06. The molecule has 0 radical (unpaired) electrons. The van der Waals surface area contributed by atoms with Crippen LogP contribution in [0.25, 0.3) is 0 Å². The molecule has 8 nitrogen and oxygen atoms in total. The van der Waals surface area contributed by atoms with Gasteiger partial charge in [-0.15, -0.1) is 0 Å². The third-order valence-corrected chi connectivity index (χ3v) is 5.43. The minimum Gasteiger partial charge on any atom is -0.481 e. The number of fused-ring (bicyclic) bond motifs is 1. The van der Waals surface area contributed by atoms with Crippen LogP contribution >= 0.6 is 0 Å². The van der Waals surface area contributed by atoms with Crippen LogP contribution in [0.2, 0.25) is 0 Å². The Morgan fingerprint density at radius 2 is 2.17 bits per heavy atom. The summed E-state index contributed by atoms with van der Waals surface area (Å²) >= 11 is 0. The highest BCUT2D eigenvalue weighted by molar-refractivity contribution is 5.93. The van der Waals surface area contributed by atoms with E-state index in [0.717, 1.165) is 12.8 Å². The van der Waals surface area contributed by atoms with Gasteiger partial charge in [-0.25, -0.2) is 0 Å². The molecule has 24 heavy (non-hydrogen) atoms. The molecule has 1 N–H and O–H groups in total. The van der Waals surface area contributed by atoms with E-state index in [0.29, 0.717) is 30.8 Å². The van der Waals surface area contributed by atoms with Gasteiger partial charge >= 0.3 is 5.97 Å². The molecule has 3 heterocycles. The first-order valence-corrected chi connectivity index (χ1v) is 8.51. The fourth-order valence-electron chi connectivity index (χ4n) is 3.82. The smallest absolute Gasteiger partial charge is 0.314 e. The fourth-order valence-corrected chi connectivity index (χ4v) is 3.82. The van der Waals surface area contributed by atoms with E-state index in [1.165, 1.54) is 0 Å². The summed E-state index contributed by atoms with van der Waals surface area (Å²) in [6, 6.07) is 0. The van der Waals surface area contributed by atoms with Crippen molar-refractivity contribution in [1.82, 2.24) is 15.0 Å². The zero-order valence-electron chi connectivity index (χ0n) is 13.9. The van der Waals surface area contributed by atoms with E-state index in [-0.39, 0.29) is 24.9 Å². The third-order valence-electron chi connectivity index (χ3n) is 5.43. The zero-order valence-corrected chi connectivity index (χ0v) is 13.9. The predicted molar refractivity (Wildman–Crippen MR) is 83.5 cm³/mol. The van der Waals surface area contributed by atoms with E-state index in [1.807, 2.05) is 13.8 Å². The maximum absolute atomic E-state index is 12.7. The molecule has 3 aliphatic rings. The summed E-state index contributed by atoms with van der Waals surface area (Å²) in [6.45, 7) is 5.47. The molecule has 0 bridgehead atoms. The molecule has 1 aromatic rings. The van der Waals surface area contributed by atoms with Crippen molar-refractivity contribution in [2.45, 2.75) is 32.6 Å². The molecule has 2 saturated heterocycles. The van der Waals surface area contributed by atoms with Gasteiger partial charge < -0.3 is 19.4 Å². The second kappa shape index (κ2) is 5.19. The van der Waals surface area contributed by atoms with Gasteiger partial charge in [-0.3, -0.25) is 9.59 Å². The van der Waals surface area contributed by atoms with Crippen LogP contribution in [0.5, 0.6) is 0 Å². The lowest BCUT2D eigenvalue weighted by Gasteiger charge is -2.24. The molecule has 1 saturated carbocycles. The first kappa shape index (κ1) is 15.4. The van der Waals surface area contributed by atoms with Crippen LogP contribution in [0.4, 0.5) is 5.95 Å². The molecule has 1 amide bonds. The van der Waals surface area contributed by atoms with Crippen molar-refractivity contribution < 1.29 is 19.2 Å². The molecule has 130 valence electrons. The summed E-state index contributed by atoms with van der Waals surface area (Å²) in [5, 5.41) is 13.8. The molecule has 0 spiro atoms. The van der Waals surface area contributed by atoms with E-state index >= 15 is 0 Å². The van der Waals surface area contributed by atoms with Gasteiger partial charge in [0.25, 0.3) is 5.95 Å². The van der Waals surface area contributed by atoms with Crippen molar-refractivity contribution >= 4 is 17.8 Å². The van der Waals surface area contributed by atoms with Crippen LogP contribution in [0.15, 0.2) is 4.52 Å². The number of nitrogens with zero attached hydrogens (tertiary/aromatic N) is 4. The number of rotatable bonds is 5. The Morgan fingerprint density at radius 3 is 2.71 bits per heavy atom. The molecular weight excluding hydrogens is 312 g/mol. The maximum Gasteiger partial charge on any atom is 0.314 e. The van der Waals surface area contributed by atoms with Crippen LogP contribution < -0.4 is 4.90 Å². The lowest BCUT2D eigenvalue weighted by Crippen LogP contribution is -2.41. The Labute approximate surface area is 139 Å². The SMILES string of the molecule is CC(C)c1nc(N2C[C@H]3C(=O)N(CC4CC4)C[C@@]3(C(=O)O)C2)no1. The molecule has 2 atom stereocenters. The molecule has 0 unspecified atom stereocenters. The number of hydrogen-bond donors (Lipinski definition) is 1. The third kappa shape index (κ3) is 2.27. The summed E-state index contributed by atoms with van der Waals surface area (Å²) < 4.78 is 5.22. The number of carbonyl (C=O) groups is 2. The van der Waals surface area contributed by atoms with E-state index in [9.17, 15) is 14.7 Å². The van der Waals surface area contributed by atoms with Gasteiger partial charge in [0, 0.05) is 32.1 Å². The summed E-state index contributed by atoms with van der Waals surface area (Å²) in [6.07, 6.45) is 2.28. The Morgan fingerprint density at radius 1 is 1.42 bits per heavy atom. The topological polar surface area (TPSA) is 99.8 Å². The number of aliphatic carboxylic acids is 1. The lowest BCUT2D eigenvalue weighted by atomic mass is 9.81. The van der Waals surface area contributed by atoms with Crippen LogP contribution in [0.3, 0.4) is 0 Å². The Kier molecular flexibility index (Phi) is 3.33. The van der Waals surface area contributed by atoms with Gasteiger partial charge in [-0.05, 0) is 23.9 Å². The van der Waals surface area contributed by atoms with Gasteiger partial charge in [-0.2, -0.15) is 4.98 Å². The van der Waals surface area contributed by atoms with Crippen molar-refractivity contribution in [2.24, 2.45) is 17.3 Å². The number of hydrogen-bond acceptors (Lipinski definition) is 6. The quantitative estimate of drug-likeness (QED) is 0.856. The van der Waals surface area contributed by atoms with Crippen molar-refractivity contribution in [3.63, 3.8) is 0 Å². The number of likely N-dealkylation sites (tertiary alicyclic amines) is 1. The Bertz CT molecular complexity index is 683. The van der Waals surface area contributed by atoms with Gasteiger partial charge in [0.2, 0.25) is 11.8 Å². The molecule has 1 aromatic heterocycles. The molecule has 1 aliphatic carbocycles. The number of carboxylic acids is 1. The summed E-state index contributed by atoms with van der Waals surface area (Å²) in [4.78, 5) is 32.6. The number of aromatic nitrogens is 2. The van der Waals surface area contributed by atoms with Crippen LogP contribution in [-0.4, -0.2) is 58.2 Å². The number of amides is 1. The highest BCUT2D eigenvalue weighted by Crippen LogP contribution is 2.46. The second-order valence-electron chi connectivity index (χ2n) is 7.64. The first-order valence-electron chi connectivity index (χ1n) is 8.51. The zero-order chi connectivity index (χ0) is 17.1. The largest absolute Gasteiger partial charge is 0.481 e. The van der Waals surface area contributed by atoms with E-state index in [1.54, 1.807) is 9.80 Å². The second-order valence-corrected chi connectivity index (χ2v) is 7.64. The molecule has 2 aliphatic heterocycles. The number of carboxylic acid groups (broad SMARTS) is 1. The van der Waals surface area contributed by atoms with Crippen molar-refractivity contribution in [1.29, 1.82) is 0 Å². The van der Waals surface area contributed by atoms with E-state index in [2.05, 4.69) is 10.1 Å². The highest BCUT2D eigenvalue weighted by Gasteiger charge is 2.63. The minimum absolute atomic E-state index is 0.0422. The predicted octanol–water partition coefficient (Wildman–Crippen LogP) is 0.952. The van der Waals surface area contributed by atoms with Gasteiger partial charge in [0.1, 0.15) is 5.41 Å². The number of anilines is 1. The normalized spacial score (nSPS) is 29.6. The Balaban J connectivity index is 1.57. The van der Waals surface area contributed by atoms with Crippen molar-refractivity contribution in [2.75, 3.05) is 31.1 Å². The van der Waals surface area contributed by atoms with Gasteiger partial charge in [0.15, 0.2) is 0 Å². The van der Waals surface area contributed by atoms with Crippen LogP contribution in [-0.2, 0) is 9.59 Å². The molecule has 3 fully saturated rings. The lowest BCUT2D eigenvalue weighted by molar-refractivity contribution is -0.149. The molecule has 8 heteroatoms. The van der Waals surface area contributed by atoms with Crippen LogP contribution in [0, 0.1) is 17.3 Å². The molecular formula is C16H22N4O4. The first-order chi connectivity index (χ1) is 11.4. The summed E-state index contributed by atoms with van der Waals surface area (Å²) in [7, 11) is 0. The van der Waals surface area contributed by atoms with Crippen molar-refractivity contribution in [3.05, 3.63) is 5.89 Å². The van der Waals surface area contributed by atoms with Gasteiger partial charge in [-0.1, -0.05) is 13.8 Å². The van der Waals surface area contributed by atoms with Gasteiger partial charge in [0.05, 0.1) is 5.92 Å². The highest BCUT2D eigenvalue weighted by atomic mass is 16.5. The number of carbonyl (C=O) groups excluding carboxylic acids is 1. The molecule has 4 rings (SSSR count). The van der Waals surface area contributed by atoms with E-state index in [4.69, 9.17) is 4.52 Å². The fraction of sp³-hybridized carbons (Fsp3) is 0.750. The van der Waals surface area contributed by atoms with Crippen LogP contribution in [0.1, 0.15) is 38.5 Å².